The van der Waals surface area contributed by atoms with E-state index in [4.69, 9.17) is 0 Å². The van der Waals surface area contributed by atoms with Gasteiger partial charge in [-0.2, -0.15) is 0 Å². The fourth-order valence-electron chi connectivity index (χ4n) is 2.34. The number of hydrogen-bond donors (Lipinski definition) is 1. The zero-order chi connectivity index (χ0) is 14.2. The molecule has 110 valence electrons. The number of rotatable bonds is 9. The number of thiophene rings is 2. The Labute approximate surface area is 130 Å². The smallest absolute Gasteiger partial charge is 0.0764 e. The van der Waals surface area contributed by atoms with Gasteiger partial charge in [0, 0.05) is 9.75 Å². The lowest BCUT2D eigenvalue weighted by Gasteiger charge is -2.20. The first-order chi connectivity index (χ1) is 9.85. The number of nitrogens with zero attached hydrogens (tertiary/aromatic N) is 1. The van der Waals surface area contributed by atoms with Crippen molar-refractivity contribution in [1.82, 2.24) is 10.2 Å². The molecule has 1 N–H and O–H groups in total. The van der Waals surface area contributed by atoms with E-state index in [1.807, 2.05) is 22.7 Å². The molecule has 0 aliphatic heterocycles. The highest BCUT2D eigenvalue weighted by molar-refractivity contribution is 7.11. The Morgan fingerprint density at radius 1 is 1.05 bits per heavy atom. The molecule has 0 aromatic carbocycles. The van der Waals surface area contributed by atoms with Gasteiger partial charge in [-0.3, -0.25) is 0 Å². The third kappa shape index (κ3) is 4.42. The minimum atomic E-state index is 0.367. The van der Waals surface area contributed by atoms with E-state index >= 15 is 0 Å². The Morgan fingerprint density at radius 2 is 1.65 bits per heavy atom. The van der Waals surface area contributed by atoms with E-state index in [2.05, 4.69) is 59.1 Å². The minimum absolute atomic E-state index is 0.367. The third-order valence-electron chi connectivity index (χ3n) is 3.55. The monoisotopic (exact) mass is 308 g/mol. The van der Waals surface area contributed by atoms with Crippen molar-refractivity contribution in [3.05, 3.63) is 44.8 Å². The summed E-state index contributed by atoms with van der Waals surface area (Å²) in [6.45, 7) is 9.01. The summed E-state index contributed by atoms with van der Waals surface area (Å²) in [5.74, 6) is 0. The maximum atomic E-state index is 3.72. The molecule has 2 heterocycles. The molecule has 0 amide bonds. The zero-order valence-electron chi connectivity index (χ0n) is 12.3. The van der Waals surface area contributed by atoms with Crippen LogP contribution in [0.1, 0.15) is 36.1 Å². The molecule has 0 fully saturated rings. The van der Waals surface area contributed by atoms with Crippen LogP contribution in [-0.2, 0) is 0 Å². The van der Waals surface area contributed by atoms with E-state index in [0.29, 0.717) is 6.04 Å². The lowest BCUT2D eigenvalue weighted by molar-refractivity contribution is 0.297. The van der Waals surface area contributed by atoms with Crippen LogP contribution in [0.15, 0.2) is 35.0 Å². The zero-order valence-corrected chi connectivity index (χ0v) is 14.0. The second-order valence-corrected chi connectivity index (χ2v) is 6.76. The van der Waals surface area contributed by atoms with Gasteiger partial charge in [-0.1, -0.05) is 26.0 Å². The Hall–Kier alpha value is -0.680. The molecule has 0 aliphatic rings. The molecule has 0 radical (unpaired) electrons. The van der Waals surface area contributed by atoms with Crippen LogP contribution >= 0.6 is 22.7 Å². The molecule has 4 heteroatoms. The van der Waals surface area contributed by atoms with Gasteiger partial charge in [0.15, 0.2) is 0 Å². The van der Waals surface area contributed by atoms with E-state index in [0.717, 1.165) is 19.6 Å². The summed E-state index contributed by atoms with van der Waals surface area (Å²) in [7, 11) is 0. The van der Waals surface area contributed by atoms with Gasteiger partial charge < -0.3 is 10.2 Å². The molecule has 0 spiro atoms. The Kier molecular flexibility index (Phi) is 6.73. The molecule has 0 atom stereocenters. The van der Waals surface area contributed by atoms with Crippen LogP contribution in [0.5, 0.6) is 0 Å². The van der Waals surface area contributed by atoms with Gasteiger partial charge in [0.1, 0.15) is 0 Å². The maximum Gasteiger partial charge on any atom is 0.0764 e. The normalized spacial score (nSPS) is 11.6. The fourth-order valence-corrected chi connectivity index (χ4v) is 4.05. The average Bonchev–Trinajstić information content (AvgIpc) is 3.16. The number of hydrogen-bond acceptors (Lipinski definition) is 4. The van der Waals surface area contributed by atoms with Crippen LogP contribution < -0.4 is 5.32 Å². The van der Waals surface area contributed by atoms with Crippen molar-refractivity contribution in [3.63, 3.8) is 0 Å². The maximum absolute atomic E-state index is 3.72. The molecule has 2 aromatic heterocycles. The van der Waals surface area contributed by atoms with E-state index < -0.39 is 0 Å². The Bertz CT molecular complexity index is 413. The molecule has 0 saturated carbocycles. The molecule has 0 unspecified atom stereocenters. The van der Waals surface area contributed by atoms with E-state index in [1.54, 1.807) is 0 Å². The summed E-state index contributed by atoms with van der Waals surface area (Å²) in [4.78, 5) is 5.30. The van der Waals surface area contributed by atoms with Gasteiger partial charge in [-0.15, -0.1) is 22.7 Å². The molecule has 2 aromatic rings. The Morgan fingerprint density at radius 3 is 2.10 bits per heavy atom. The lowest BCUT2D eigenvalue weighted by atomic mass is 10.2. The predicted octanol–water partition coefficient (Wildman–Crippen LogP) is 4.22. The van der Waals surface area contributed by atoms with Crippen molar-refractivity contribution in [2.75, 3.05) is 26.2 Å². The number of nitrogens with one attached hydrogen (secondary N) is 1. The molecule has 0 aliphatic carbocycles. The summed E-state index contributed by atoms with van der Waals surface area (Å²) in [5, 5.41) is 8.04. The fraction of sp³-hybridized carbons (Fsp3) is 0.500. The average molecular weight is 309 g/mol. The van der Waals surface area contributed by atoms with Crippen molar-refractivity contribution < 1.29 is 0 Å². The van der Waals surface area contributed by atoms with Crippen LogP contribution in [0, 0.1) is 0 Å². The van der Waals surface area contributed by atoms with Crippen molar-refractivity contribution in [1.29, 1.82) is 0 Å². The van der Waals surface area contributed by atoms with Crippen LogP contribution in [0.4, 0.5) is 0 Å². The SMILES string of the molecule is CCN(CC)CCCNC(c1cccs1)c1cccs1. The van der Waals surface area contributed by atoms with Gasteiger partial charge in [0.05, 0.1) is 6.04 Å². The summed E-state index contributed by atoms with van der Waals surface area (Å²) in [5.41, 5.74) is 0. The van der Waals surface area contributed by atoms with Gasteiger partial charge in [-0.05, 0) is 55.5 Å². The first-order valence-corrected chi connectivity index (χ1v) is 9.13. The molecular weight excluding hydrogens is 284 g/mol. The van der Waals surface area contributed by atoms with Crippen molar-refractivity contribution in [2.45, 2.75) is 26.3 Å². The predicted molar refractivity (Wildman–Crippen MR) is 90.9 cm³/mol. The van der Waals surface area contributed by atoms with Crippen molar-refractivity contribution in [2.24, 2.45) is 0 Å². The topological polar surface area (TPSA) is 15.3 Å². The molecule has 0 saturated heterocycles. The van der Waals surface area contributed by atoms with Crippen LogP contribution in [0.2, 0.25) is 0 Å². The van der Waals surface area contributed by atoms with E-state index in [1.165, 1.54) is 22.7 Å². The lowest BCUT2D eigenvalue weighted by Crippen LogP contribution is -2.28. The van der Waals surface area contributed by atoms with Crippen LogP contribution in [0.25, 0.3) is 0 Å². The first kappa shape index (κ1) is 15.7. The van der Waals surface area contributed by atoms with Gasteiger partial charge in [0.25, 0.3) is 0 Å². The summed E-state index contributed by atoms with van der Waals surface area (Å²) in [6.07, 6.45) is 1.20. The highest BCUT2D eigenvalue weighted by Crippen LogP contribution is 2.28. The summed E-state index contributed by atoms with van der Waals surface area (Å²) in [6, 6.07) is 9.10. The Balaban J connectivity index is 1.87. The van der Waals surface area contributed by atoms with Gasteiger partial charge in [0.2, 0.25) is 0 Å². The second kappa shape index (κ2) is 8.57. The van der Waals surface area contributed by atoms with E-state index in [9.17, 15) is 0 Å². The van der Waals surface area contributed by atoms with Crippen molar-refractivity contribution >= 4 is 22.7 Å². The van der Waals surface area contributed by atoms with Crippen LogP contribution in [-0.4, -0.2) is 31.1 Å². The standard InChI is InChI=1S/C16H24N2S2/c1-3-18(4-2)11-7-10-17-16(14-8-5-12-19-14)15-9-6-13-20-15/h5-6,8-9,12-13,16-17H,3-4,7,10-11H2,1-2H3. The molecule has 20 heavy (non-hydrogen) atoms. The van der Waals surface area contributed by atoms with Gasteiger partial charge >= 0.3 is 0 Å². The summed E-state index contributed by atoms with van der Waals surface area (Å²) >= 11 is 3.67. The largest absolute Gasteiger partial charge is 0.305 e. The summed E-state index contributed by atoms with van der Waals surface area (Å²) < 4.78 is 0. The van der Waals surface area contributed by atoms with Crippen LogP contribution in [0.3, 0.4) is 0 Å². The molecule has 2 rings (SSSR count). The molecular formula is C16H24N2S2. The minimum Gasteiger partial charge on any atom is -0.305 e. The van der Waals surface area contributed by atoms with Gasteiger partial charge in [-0.25, -0.2) is 0 Å². The van der Waals surface area contributed by atoms with E-state index in [-0.39, 0.29) is 0 Å². The molecule has 2 nitrogen and oxygen atoms in total. The quantitative estimate of drug-likeness (QED) is 0.698. The molecule has 0 bridgehead atoms. The first-order valence-electron chi connectivity index (χ1n) is 7.37. The second-order valence-electron chi connectivity index (χ2n) is 4.80. The third-order valence-corrected chi connectivity index (χ3v) is 5.42. The highest BCUT2D eigenvalue weighted by Gasteiger charge is 2.15. The highest BCUT2D eigenvalue weighted by atomic mass is 32.1. The van der Waals surface area contributed by atoms with Crippen molar-refractivity contribution in [3.8, 4) is 0 Å².